The van der Waals surface area contributed by atoms with Gasteiger partial charge in [0.2, 0.25) is 17.6 Å². The minimum Gasteiger partial charge on any atom is -0.337 e. The van der Waals surface area contributed by atoms with Crippen LogP contribution in [-0.4, -0.2) is 20.9 Å². The van der Waals surface area contributed by atoms with E-state index in [0.717, 1.165) is 11.1 Å². The lowest BCUT2D eigenvalue weighted by atomic mass is 10.0. The molecule has 1 unspecified atom stereocenters. The maximum Gasteiger partial charge on any atom is 0.249 e. The van der Waals surface area contributed by atoms with E-state index in [1.165, 1.54) is 5.56 Å². The van der Waals surface area contributed by atoms with Crippen LogP contribution in [0, 0.1) is 0 Å². The predicted molar refractivity (Wildman–Crippen MR) is 108 cm³/mol. The molecule has 1 amide bonds. The van der Waals surface area contributed by atoms with Gasteiger partial charge in [0.05, 0.1) is 0 Å². The van der Waals surface area contributed by atoms with Crippen LogP contribution in [0.25, 0.3) is 11.4 Å². The van der Waals surface area contributed by atoms with Crippen LogP contribution in [0.15, 0.2) is 53.1 Å². The Morgan fingerprint density at radius 1 is 1.14 bits per heavy atom. The molecule has 3 aromatic rings. The van der Waals surface area contributed by atoms with Crippen LogP contribution >= 0.6 is 11.6 Å². The highest BCUT2D eigenvalue weighted by Gasteiger charge is 2.36. The predicted octanol–water partition coefficient (Wildman–Crippen LogP) is 5.38. The van der Waals surface area contributed by atoms with E-state index in [9.17, 15) is 4.79 Å². The van der Waals surface area contributed by atoms with E-state index in [1.807, 2.05) is 41.3 Å². The fraction of sp³-hybridized carbons (Fsp3) is 0.318. The summed E-state index contributed by atoms with van der Waals surface area (Å²) in [5.41, 5.74) is 3.20. The van der Waals surface area contributed by atoms with Gasteiger partial charge in [-0.15, -0.1) is 0 Å². The third-order valence-electron chi connectivity index (χ3n) is 5.16. The van der Waals surface area contributed by atoms with Crippen LogP contribution < -0.4 is 0 Å². The number of benzene rings is 2. The monoisotopic (exact) mass is 395 g/mol. The first-order valence-corrected chi connectivity index (χ1v) is 9.87. The lowest BCUT2D eigenvalue weighted by Gasteiger charge is -2.22. The normalized spacial score (nSPS) is 16.9. The van der Waals surface area contributed by atoms with E-state index < -0.39 is 0 Å². The molecule has 1 aromatic heterocycles. The van der Waals surface area contributed by atoms with Gasteiger partial charge in [0, 0.05) is 23.6 Å². The van der Waals surface area contributed by atoms with Gasteiger partial charge in [0.15, 0.2) is 0 Å². The molecule has 0 spiro atoms. The highest BCUT2D eigenvalue weighted by Crippen LogP contribution is 2.34. The lowest BCUT2D eigenvalue weighted by Crippen LogP contribution is -2.27. The summed E-state index contributed by atoms with van der Waals surface area (Å²) in [5.74, 6) is 1.61. The molecule has 0 saturated carbocycles. The van der Waals surface area contributed by atoms with Crippen LogP contribution in [0.3, 0.4) is 0 Å². The number of halogens is 1. The van der Waals surface area contributed by atoms with Crippen molar-refractivity contribution in [1.29, 1.82) is 0 Å². The number of carbonyl (C=O) groups is 1. The van der Waals surface area contributed by atoms with Crippen molar-refractivity contribution in [2.75, 3.05) is 0 Å². The molecule has 1 atom stereocenters. The van der Waals surface area contributed by atoms with Crippen molar-refractivity contribution in [3.05, 3.63) is 70.6 Å². The standard InChI is InChI=1S/C22H22ClN3O2/c1-14(2)16-5-7-17(8-6-16)21-24-22(28-25-21)19-11-12-20(27)26(19)13-15-3-9-18(23)10-4-15/h3-10,14,19H,11-13H2,1-2H3. The Bertz CT molecular complexity index is 964. The number of amides is 1. The SMILES string of the molecule is CC(C)c1ccc(-c2noc(C3CCC(=O)N3Cc3ccc(Cl)cc3)n2)cc1. The topological polar surface area (TPSA) is 59.2 Å². The van der Waals surface area contributed by atoms with Crippen molar-refractivity contribution in [2.45, 2.75) is 45.2 Å². The number of aromatic nitrogens is 2. The van der Waals surface area contributed by atoms with Crippen molar-refractivity contribution >= 4 is 17.5 Å². The molecule has 0 aliphatic carbocycles. The molecular formula is C22H22ClN3O2. The van der Waals surface area contributed by atoms with Crippen LogP contribution in [0.5, 0.6) is 0 Å². The average molecular weight is 396 g/mol. The molecule has 6 heteroatoms. The molecule has 1 fully saturated rings. The molecule has 0 N–H and O–H groups in total. The summed E-state index contributed by atoms with van der Waals surface area (Å²) in [6, 6.07) is 15.5. The molecule has 0 radical (unpaired) electrons. The second-order valence-electron chi connectivity index (χ2n) is 7.44. The highest BCUT2D eigenvalue weighted by atomic mass is 35.5. The average Bonchev–Trinajstić information content (AvgIpc) is 3.31. The molecule has 1 aliphatic rings. The van der Waals surface area contributed by atoms with Gasteiger partial charge in [0.1, 0.15) is 6.04 Å². The number of hydrogen-bond acceptors (Lipinski definition) is 4. The fourth-order valence-corrected chi connectivity index (χ4v) is 3.61. The third kappa shape index (κ3) is 3.80. The Hall–Kier alpha value is -2.66. The molecule has 5 nitrogen and oxygen atoms in total. The zero-order valence-electron chi connectivity index (χ0n) is 15.9. The van der Waals surface area contributed by atoms with Crippen LogP contribution in [0.1, 0.15) is 55.7 Å². The molecule has 144 valence electrons. The number of carbonyl (C=O) groups excluding carboxylic acids is 1. The fourth-order valence-electron chi connectivity index (χ4n) is 3.48. The third-order valence-corrected chi connectivity index (χ3v) is 5.41. The Balaban J connectivity index is 1.54. The van der Waals surface area contributed by atoms with E-state index in [-0.39, 0.29) is 11.9 Å². The Kier molecular flexibility index (Phi) is 5.18. The number of likely N-dealkylation sites (tertiary alicyclic amines) is 1. The molecule has 4 rings (SSSR count). The summed E-state index contributed by atoms with van der Waals surface area (Å²) >= 11 is 5.96. The summed E-state index contributed by atoms with van der Waals surface area (Å²) in [4.78, 5) is 18.8. The van der Waals surface area contributed by atoms with Crippen molar-refractivity contribution in [3.63, 3.8) is 0 Å². The zero-order chi connectivity index (χ0) is 19.7. The zero-order valence-corrected chi connectivity index (χ0v) is 16.7. The molecule has 0 bridgehead atoms. The summed E-state index contributed by atoms with van der Waals surface area (Å²) < 4.78 is 5.54. The minimum absolute atomic E-state index is 0.0981. The number of hydrogen-bond donors (Lipinski definition) is 0. The van der Waals surface area contributed by atoms with Gasteiger partial charge in [-0.2, -0.15) is 4.98 Å². The summed E-state index contributed by atoms with van der Waals surface area (Å²) in [6.45, 7) is 4.82. The Morgan fingerprint density at radius 2 is 1.86 bits per heavy atom. The molecule has 1 saturated heterocycles. The van der Waals surface area contributed by atoms with Gasteiger partial charge < -0.3 is 9.42 Å². The van der Waals surface area contributed by atoms with Crippen molar-refractivity contribution < 1.29 is 9.32 Å². The first kappa shape index (κ1) is 18.7. The van der Waals surface area contributed by atoms with E-state index in [4.69, 9.17) is 16.1 Å². The first-order chi connectivity index (χ1) is 13.5. The summed E-state index contributed by atoms with van der Waals surface area (Å²) in [7, 11) is 0. The maximum absolute atomic E-state index is 12.4. The van der Waals surface area contributed by atoms with Crippen molar-refractivity contribution in [1.82, 2.24) is 15.0 Å². The van der Waals surface area contributed by atoms with Gasteiger partial charge in [0.25, 0.3) is 0 Å². The first-order valence-electron chi connectivity index (χ1n) is 9.49. The molecule has 2 aromatic carbocycles. The maximum atomic E-state index is 12.4. The minimum atomic E-state index is -0.195. The van der Waals surface area contributed by atoms with Crippen LogP contribution in [0.4, 0.5) is 0 Å². The van der Waals surface area contributed by atoms with Crippen molar-refractivity contribution in [3.8, 4) is 11.4 Å². The van der Waals surface area contributed by atoms with E-state index >= 15 is 0 Å². The smallest absolute Gasteiger partial charge is 0.249 e. The van der Waals surface area contributed by atoms with Gasteiger partial charge in [-0.05, 0) is 35.6 Å². The largest absolute Gasteiger partial charge is 0.337 e. The van der Waals surface area contributed by atoms with Gasteiger partial charge in [-0.3, -0.25) is 4.79 Å². The second-order valence-corrected chi connectivity index (χ2v) is 7.87. The van der Waals surface area contributed by atoms with Crippen LogP contribution in [-0.2, 0) is 11.3 Å². The molecule has 2 heterocycles. The highest BCUT2D eigenvalue weighted by molar-refractivity contribution is 6.30. The van der Waals surface area contributed by atoms with E-state index in [1.54, 1.807) is 0 Å². The number of nitrogens with zero attached hydrogens (tertiary/aromatic N) is 3. The lowest BCUT2D eigenvalue weighted by molar-refractivity contribution is -0.129. The Morgan fingerprint density at radius 3 is 2.54 bits per heavy atom. The number of rotatable bonds is 5. The molecular weight excluding hydrogens is 374 g/mol. The Labute approximate surface area is 169 Å². The molecule has 28 heavy (non-hydrogen) atoms. The van der Waals surface area contributed by atoms with Gasteiger partial charge >= 0.3 is 0 Å². The van der Waals surface area contributed by atoms with Crippen LogP contribution in [0.2, 0.25) is 5.02 Å². The van der Waals surface area contributed by atoms with Crippen molar-refractivity contribution in [2.24, 2.45) is 0 Å². The second kappa shape index (κ2) is 7.76. The van der Waals surface area contributed by atoms with Gasteiger partial charge in [-0.25, -0.2) is 0 Å². The van der Waals surface area contributed by atoms with Gasteiger partial charge in [-0.1, -0.05) is 67.0 Å². The summed E-state index contributed by atoms with van der Waals surface area (Å²) in [5, 5.41) is 4.82. The quantitative estimate of drug-likeness (QED) is 0.582. The van der Waals surface area contributed by atoms with E-state index in [2.05, 4.69) is 36.1 Å². The molecule has 1 aliphatic heterocycles. The van der Waals surface area contributed by atoms with E-state index in [0.29, 0.717) is 42.0 Å². The summed E-state index contributed by atoms with van der Waals surface area (Å²) in [6.07, 6.45) is 1.17.